The highest BCUT2D eigenvalue weighted by Crippen LogP contribution is 2.49. The quantitative estimate of drug-likeness (QED) is 0.710. The van der Waals surface area contributed by atoms with Crippen molar-refractivity contribution >= 4 is 0 Å². The normalized spacial score (nSPS) is 36.3. The smallest absolute Gasteiger partial charge is 0.128 e. The van der Waals surface area contributed by atoms with Gasteiger partial charge in [-0.15, -0.1) is 5.92 Å². The van der Waals surface area contributed by atoms with Gasteiger partial charge in [-0.2, -0.15) is 0 Å². The molecule has 0 aliphatic heterocycles. The monoisotopic (exact) mass is 212 g/mol. The van der Waals surface area contributed by atoms with Gasteiger partial charge in [0.05, 0.1) is 0 Å². The summed E-state index contributed by atoms with van der Waals surface area (Å²) in [6.45, 7) is 0. The number of hydrogen-bond acceptors (Lipinski definition) is 1. The van der Waals surface area contributed by atoms with Crippen LogP contribution in [0.25, 0.3) is 0 Å². The van der Waals surface area contributed by atoms with E-state index in [-0.39, 0.29) is 0 Å². The molecule has 1 saturated carbocycles. The highest BCUT2D eigenvalue weighted by molar-refractivity contribution is 5.30. The van der Waals surface area contributed by atoms with Crippen LogP contribution >= 0.6 is 0 Å². The van der Waals surface area contributed by atoms with Gasteiger partial charge in [0.2, 0.25) is 0 Å². The Morgan fingerprint density at radius 1 is 1.19 bits per heavy atom. The molecular formula is C15H16O. The lowest BCUT2D eigenvalue weighted by Crippen LogP contribution is -2.48. The van der Waals surface area contributed by atoms with Crippen LogP contribution < -0.4 is 0 Å². The molecule has 0 spiro atoms. The van der Waals surface area contributed by atoms with Crippen molar-refractivity contribution in [3.05, 3.63) is 35.9 Å². The van der Waals surface area contributed by atoms with E-state index in [0.717, 1.165) is 25.7 Å². The number of aliphatic hydroxyl groups is 1. The Labute approximate surface area is 96.5 Å². The molecule has 82 valence electrons. The van der Waals surface area contributed by atoms with E-state index in [1.165, 1.54) is 5.56 Å². The summed E-state index contributed by atoms with van der Waals surface area (Å²) in [6.07, 6.45) is 3.97. The fraction of sp³-hybridized carbons (Fsp3) is 0.467. The van der Waals surface area contributed by atoms with Gasteiger partial charge < -0.3 is 5.11 Å². The van der Waals surface area contributed by atoms with Crippen molar-refractivity contribution in [1.82, 2.24) is 0 Å². The van der Waals surface area contributed by atoms with Gasteiger partial charge in [0.1, 0.15) is 5.60 Å². The van der Waals surface area contributed by atoms with Gasteiger partial charge in [-0.25, -0.2) is 0 Å². The average Bonchev–Trinajstić information content (AvgIpc) is 2.42. The van der Waals surface area contributed by atoms with Crippen molar-refractivity contribution in [3.8, 4) is 11.8 Å². The fourth-order valence-corrected chi connectivity index (χ4v) is 3.02. The Morgan fingerprint density at radius 2 is 2.00 bits per heavy atom. The van der Waals surface area contributed by atoms with Gasteiger partial charge in [-0.1, -0.05) is 36.3 Å². The number of fused-ring (bicyclic) bond motifs is 1. The number of hydrogen-bond donors (Lipinski definition) is 1. The molecule has 1 aromatic carbocycles. The second-order valence-corrected chi connectivity index (χ2v) is 4.93. The lowest BCUT2D eigenvalue weighted by Gasteiger charge is -2.45. The molecule has 0 amide bonds. The molecule has 0 heterocycles. The van der Waals surface area contributed by atoms with E-state index in [1.54, 1.807) is 0 Å². The van der Waals surface area contributed by atoms with E-state index < -0.39 is 5.60 Å². The first-order valence-corrected chi connectivity index (χ1v) is 6.07. The minimum Gasteiger partial charge on any atom is -0.377 e. The maximum atomic E-state index is 10.4. The molecule has 0 saturated heterocycles. The molecule has 3 atom stereocenters. The van der Waals surface area contributed by atoms with Crippen molar-refractivity contribution in [2.45, 2.75) is 37.2 Å². The topological polar surface area (TPSA) is 20.2 Å². The highest BCUT2D eigenvalue weighted by atomic mass is 16.3. The first-order valence-electron chi connectivity index (χ1n) is 6.07. The molecule has 3 unspecified atom stereocenters. The second kappa shape index (κ2) is 3.64. The SMILES string of the molecule is OC12C#CCCC(c3ccccc3)C1CC2. The van der Waals surface area contributed by atoms with E-state index in [4.69, 9.17) is 0 Å². The maximum Gasteiger partial charge on any atom is 0.128 e. The first-order chi connectivity index (χ1) is 7.80. The van der Waals surface area contributed by atoms with Crippen molar-refractivity contribution in [1.29, 1.82) is 0 Å². The summed E-state index contributed by atoms with van der Waals surface area (Å²) in [6, 6.07) is 10.6. The van der Waals surface area contributed by atoms with E-state index >= 15 is 0 Å². The zero-order chi connectivity index (χ0) is 11.0. The zero-order valence-electron chi connectivity index (χ0n) is 9.32. The molecule has 1 heteroatoms. The Morgan fingerprint density at radius 3 is 2.69 bits per heavy atom. The Kier molecular flexibility index (Phi) is 2.26. The summed E-state index contributed by atoms with van der Waals surface area (Å²) in [5.74, 6) is 7.01. The third-order valence-electron chi connectivity index (χ3n) is 4.05. The lowest BCUT2D eigenvalue weighted by molar-refractivity contribution is -0.0549. The van der Waals surface area contributed by atoms with Crippen LogP contribution in [-0.4, -0.2) is 10.7 Å². The van der Waals surface area contributed by atoms with Crippen LogP contribution in [0.2, 0.25) is 0 Å². The molecule has 2 aliphatic carbocycles. The van der Waals surface area contributed by atoms with Crippen LogP contribution in [0.4, 0.5) is 0 Å². The van der Waals surface area contributed by atoms with Crippen LogP contribution in [0.15, 0.2) is 30.3 Å². The van der Waals surface area contributed by atoms with Crippen LogP contribution in [0.1, 0.15) is 37.2 Å². The van der Waals surface area contributed by atoms with E-state index in [9.17, 15) is 5.11 Å². The van der Waals surface area contributed by atoms with Crippen LogP contribution in [0.5, 0.6) is 0 Å². The second-order valence-electron chi connectivity index (χ2n) is 4.93. The van der Waals surface area contributed by atoms with Crippen LogP contribution in [0.3, 0.4) is 0 Å². The van der Waals surface area contributed by atoms with Crippen LogP contribution in [-0.2, 0) is 0 Å². The molecule has 3 rings (SSSR count). The Balaban J connectivity index is 1.92. The minimum atomic E-state index is -0.684. The molecule has 1 N–H and O–H groups in total. The summed E-state index contributed by atoms with van der Waals surface area (Å²) in [7, 11) is 0. The molecule has 2 aliphatic rings. The number of benzene rings is 1. The van der Waals surface area contributed by atoms with Crippen molar-refractivity contribution in [2.24, 2.45) is 5.92 Å². The molecule has 1 aromatic rings. The summed E-state index contributed by atoms with van der Waals surface area (Å²) in [5, 5.41) is 10.4. The summed E-state index contributed by atoms with van der Waals surface area (Å²) < 4.78 is 0. The third-order valence-corrected chi connectivity index (χ3v) is 4.05. The number of rotatable bonds is 1. The lowest BCUT2D eigenvalue weighted by atomic mass is 9.62. The van der Waals surface area contributed by atoms with Crippen molar-refractivity contribution in [3.63, 3.8) is 0 Å². The molecule has 1 nitrogen and oxygen atoms in total. The molecule has 16 heavy (non-hydrogen) atoms. The molecule has 1 fully saturated rings. The van der Waals surface area contributed by atoms with Crippen molar-refractivity contribution < 1.29 is 5.11 Å². The first kappa shape index (κ1) is 9.93. The highest BCUT2D eigenvalue weighted by Gasteiger charge is 2.48. The summed E-state index contributed by atoms with van der Waals surface area (Å²) >= 11 is 0. The summed E-state index contributed by atoms with van der Waals surface area (Å²) in [5.41, 5.74) is 0.674. The van der Waals surface area contributed by atoms with E-state index in [2.05, 4.69) is 36.1 Å². The van der Waals surface area contributed by atoms with E-state index in [1.807, 2.05) is 6.07 Å². The van der Waals surface area contributed by atoms with Gasteiger partial charge in [0, 0.05) is 12.3 Å². The van der Waals surface area contributed by atoms with Crippen LogP contribution in [0, 0.1) is 17.8 Å². The molecule has 0 radical (unpaired) electrons. The van der Waals surface area contributed by atoms with E-state index in [0.29, 0.717) is 11.8 Å². The van der Waals surface area contributed by atoms with Gasteiger partial charge in [0.25, 0.3) is 0 Å². The Hall–Kier alpha value is -1.26. The van der Waals surface area contributed by atoms with Crippen molar-refractivity contribution in [2.75, 3.05) is 0 Å². The standard InChI is InChI=1S/C15H16O/c16-15-10-5-4-8-13(14(15)9-11-15)12-6-2-1-3-7-12/h1-3,6-7,13-14,16H,4,8-9,11H2. The predicted molar refractivity (Wildman–Crippen MR) is 63.9 cm³/mol. The van der Waals surface area contributed by atoms with Gasteiger partial charge in [0.15, 0.2) is 0 Å². The van der Waals surface area contributed by atoms with Gasteiger partial charge >= 0.3 is 0 Å². The Bertz CT molecular complexity index is 439. The zero-order valence-corrected chi connectivity index (χ0v) is 9.32. The molecule has 0 aromatic heterocycles. The molecule has 0 bridgehead atoms. The largest absolute Gasteiger partial charge is 0.377 e. The average molecular weight is 212 g/mol. The molecular weight excluding hydrogens is 196 g/mol. The third kappa shape index (κ3) is 1.45. The maximum absolute atomic E-state index is 10.4. The van der Waals surface area contributed by atoms with Gasteiger partial charge in [-0.05, 0) is 30.7 Å². The predicted octanol–water partition coefficient (Wildman–Crippen LogP) is 2.71. The summed E-state index contributed by atoms with van der Waals surface area (Å²) in [4.78, 5) is 0. The fourth-order valence-electron chi connectivity index (χ4n) is 3.02. The van der Waals surface area contributed by atoms with Gasteiger partial charge in [-0.3, -0.25) is 0 Å². The minimum absolute atomic E-state index is 0.352.